The lowest BCUT2D eigenvalue weighted by Gasteiger charge is -2.17. The molecule has 0 aliphatic heterocycles. The summed E-state index contributed by atoms with van der Waals surface area (Å²) in [6, 6.07) is 11.3. The summed E-state index contributed by atoms with van der Waals surface area (Å²) >= 11 is 0. The molecule has 156 valence electrons. The molecule has 0 aliphatic rings. The first-order valence-electron chi connectivity index (χ1n) is 9.10. The van der Waals surface area contributed by atoms with Crippen molar-refractivity contribution in [1.82, 2.24) is 4.90 Å². The van der Waals surface area contributed by atoms with Crippen LogP contribution in [0.15, 0.2) is 36.4 Å². The second-order valence-electron chi connectivity index (χ2n) is 6.50. The van der Waals surface area contributed by atoms with E-state index in [0.29, 0.717) is 0 Å². The Morgan fingerprint density at radius 3 is 2.45 bits per heavy atom. The number of benzene rings is 2. The molecule has 0 unspecified atom stereocenters. The molecule has 8 heteroatoms. The Kier molecular flexibility index (Phi) is 7.97. The van der Waals surface area contributed by atoms with Gasteiger partial charge in [0.1, 0.15) is 18.9 Å². The normalized spacial score (nSPS) is 11.6. The Balaban J connectivity index is 1.92. The van der Waals surface area contributed by atoms with E-state index in [4.69, 9.17) is 14.6 Å². The van der Waals surface area contributed by atoms with Gasteiger partial charge in [0.2, 0.25) is 0 Å². The molecule has 2 rings (SSSR count). The first kappa shape index (κ1) is 22.2. The summed E-state index contributed by atoms with van der Waals surface area (Å²) in [5.41, 5.74) is 0.765. The summed E-state index contributed by atoms with van der Waals surface area (Å²) in [5, 5.41) is 10.6. The third-order valence-corrected chi connectivity index (χ3v) is 4.41. The zero-order chi connectivity index (χ0) is 21.4. The largest absolute Gasteiger partial charge is 0.497 e. The quantitative estimate of drug-likeness (QED) is 0.633. The van der Waals surface area contributed by atoms with Crippen molar-refractivity contribution < 1.29 is 33.7 Å². The molecule has 0 saturated heterocycles. The maximum absolute atomic E-state index is 12.3. The summed E-state index contributed by atoms with van der Waals surface area (Å²) in [4.78, 5) is 36.9. The highest BCUT2D eigenvalue weighted by Crippen LogP contribution is 2.25. The number of amides is 1. The molecule has 29 heavy (non-hydrogen) atoms. The minimum absolute atomic E-state index is 0.133. The minimum Gasteiger partial charge on any atom is -0.497 e. The predicted octanol–water partition coefficient (Wildman–Crippen LogP) is 1.49. The first-order chi connectivity index (χ1) is 13.8. The Hall–Kier alpha value is -3.13. The van der Waals surface area contributed by atoms with Gasteiger partial charge in [0.05, 0.1) is 19.6 Å². The van der Waals surface area contributed by atoms with Crippen molar-refractivity contribution in [1.29, 1.82) is 0 Å². The van der Waals surface area contributed by atoms with Crippen LogP contribution in [0.5, 0.6) is 5.75 Å². The Bertz CT molecular complexity index is 880. The van der Waals surface area contributed by atoms with Gasteiger partial charge in [-0.25, -0.2) is 0 Å². The van der Waals surface area contributed by atoms with Gasteiger partial charge in [0.15, 0.2) is 6.61 Å². The second kappa shape index (κ2) is 10.4. The van der Waals surface area contributed by atoms with Crippen LogP contribution < -0.4 is 4.74 Å². The zero-order valence-corrected chi connectivity index (χ0v) is 16.7. The third kappa shape index (κ3) is 6.18. The molecule has 1 N–H and O–H groups in total. The fraction of sp³-hybridized carbons (Fsp3) is 0.381. The highest BCUT2D eigenvalue weighted by Gasteiger charge is 2.20. The number of likely N-dealkylation sites (N-methyl/N-ethyl adjacent to an activating group) is 1. The monoisotopic (exact) mass is 403 g/mol. The van der Waals surface area contributed by atoms with Crippen molar-refractivity contribution in [3.05, 3.63) is 42.0 Å². The topological polar surface area (TPSA) is 102 Å². The number of carbonyl (C=O) groups is 3. The lowest BCUT2D eigenvalue weighted by Crippen LogP contribution is -2.36. The number of fused-ring (bicyclic) bond motifs is 1. The number of rotatable bonds is 9. The number of ether oxygens (including phenoxy) is 3. The molecule has 0 aromatic heterocycles. The van der Waals surface area contributed by atoms with Gasteiger partial charge in [-0.2, -0.15) is 0 Å². The minimum atomic E-state index is -0.651. The van der Waals surface area contributed by atoms with Gasteiger partial charge in [-0.3, -0.25) is 14.4 Å². The smallest absolute Gasteiger partial charge is 0.325 e. The molecule has 0 spiro atoms. The van der Waals surface area contributed by atoms with Gasteiger partial charge < -0.3 is 24.2 Å². The molecule has 1 atom stereocenters. The van der Waals surface area contributed by atoms with Crippen LogP contribution in [0.2, 0.25) is 0 Å². The summed E-state index contributed by atoms with van der Waals surface area (Å²) in [7, 11) is 3.00. The maximum Gasteiger partial charge on any atom is 0.325 e. The number of aliphatic hydroxyl groups excluding tert-OH is 1. The van der Waals surface area contributed by atoms with E-state index in [0.717, 1.165) is 27.0 Å². The van der Waals surface area contributed by atoms with E-state index in [2.05, 4.69) is 4.74 Å². The number of esters is 2. The van der Waals surface area contributed by atoms with E-state index in [1.807, 2.05) is 36.4 Å². The number of hydrogen-bond acceptors (Lipinski definition) is 7. The molecule has 0 heterocycles. The van der Waals surface area contributed by atoms with Crippen LogP contribution in [-0.2, 0) is 23.9 Å². The zero-order valence-electron chi connectivity index (χ0n) is 16.7. The number of carbonyl (C=O) groups excluding carboxylic acids is 3. The van der Waals surface area contributed by atoms with Crippen molar-refractivity contribution >= 4 is 28.6 Å². The van der Waals surface area contributed by atoms with Crippen molar-refractivity contribution in [2.24, 2.45) is 0 Å². The number of methoxy groups -OCH3 is 1. The van der Waals surface area contributed by atoms with Crippen LogP contribution in [0.3, 0.4) is 0 Å². The molecular weight excluding hydrogens is 378 g/mol. The SMILES string of the molecule is COc1ccc2cc([C@H](C)C(=O)OCC(=O)N(C)CC(=O)OCCO)ccc2c1. The Labute approximate surface area is 169 Å². The molecular formula is C21H25NO7. The molecule has 2 aromatic carbocycles. The average Bonchev–Trinajstić information content (AvgIpc) is 2.74. The van der Waals surface area contributed by atoms with E-state index in [1.165, 1.54) is 7.05 Å². The van der Waals surface area contributed by atoms with E-state index >= 15 is 0 Å². The molecule has 1 amide bonds. The molecule has 0 bridgehead atoms. The average molecular weight is 403 g/mol. The van der Waals surface area contributed by atoms with Crippen molar-refractivity contribution in [2.75, 3.05) is 40.5 Å². The number of hydrogen-bond donors (Lipinski definition) is 1. The van der Waals surface area contributed by atoms with Crippen LogP contribution in [0, 0.1) is 0 Å². The van der Waals surface area contributed by atoms with Gasteiger partial charge in [0.25, 0.3) is 5.91 Å². The van der Waals surface area contributed by atoms with Crippen LogP contribution in [0.4, 0.5) is 0 Å². The first-order valence-corrected chi connectivity index (χ1v) is 9.10. The van der Waals surface area contributed by atoms with Crippen LogP contribution in [0.25, 0.3) is 10.8 Å². The molecule has 2 aromatic rings. The van der Waals surface area contributed by atoms with E-state index in [-0.39, 0.29) is 19.8 Å². The third-order valence-electron chi connectivity index (χ3n) is 4.41. The molecule has 8 nitrogen and oxygen atoms in total. The van der Waals surface area contributed by atoms with Crippen LogP contribution >= 0.6 is 0 Å². The van der Waals surface area contributed by atoms with Gasteiger partial charge >= 0.3 is 11.9 Å². The van der Waals surface area contributed by atoms with Crippen molar-refractivity contribution in [2.45, 2.75) is 12.8 Å². The van der Waals surface area contributed by atoms with Crippen molar-refractivity contribution in [3.63, 3.8) is 0 Å². The summed E-state index contributed by atoms with van der Waals surface area (Å²) in [5.74, 6) is -1.53. The molecule has 0 fully saturated rings. The van der Waals surface area contributed by atoms with Gasteiger partial charge in [-0.15, -0.1) is 0 Å². The second-order valence-corrected chi connectivity index (χ2v) is 6.50. The summed E-state index contributed by atoms with van der Waals surface area (Å²) in [6.45, 7) is 0.512. The van der Waals surface area contributed by atoms with E-state index in [9.17, 15) is 14.4 Å². The van der Waals surface area contributed by atoms with Crippen LogP contribution in [-0.4, -0.2) is 68.4 Å². The molecule has 0 saturated carbocycles. The maximum atomic E-state index is 12.3. The fourth-order valence-electron chi connectivity index (χ4n) is 2.63. The lowest BCUT2D eigenvalue weighted by atomic mass is 9.98. The highest BCUT2D eigenvalue weighted by molar-refractivity contribution is 5.88. The van der Waals surface area contributed by atoms with E-state index < -0.39 is 30.4 Å². The molecule has 0 radical (unpaired) electrons. The Morgan fingerprint density at radius 2 is 1.76 bits per heavy atom. The molecule has 0 aliphatic carbocycles. The van der Waals surface area contributed by atoms with Crippen molar-refractivity contribution in [3.8, 4) is 5.75 Å². The predicted molar refractivity (Wildman–Crippen MR) is 106 cm³/mol. The van der Waals surface area contributed by atoms with E-state index in [1.54, 1.807) is 14.0 Å². The summed E-state index contributed by atoms with van der Waals surface area (Å²) < 4.78 is 15.0. The highest BCUT2D eigenvalue weighted by atomic mass is 16.5. The number of nitrogens with zero attached hydrogens (tertiary/aromatic N) is 1. The van der Waals surface area contributed by atoms with Crippen LogP contribution in [0.1, 0.15) is 18.4 Å². The Morgan fingerprint density at radius 1 is 1.07 bits per heavy atom. The van der Waals surface area contributed by atoms with Gasteiger partial charge in [0, 0.05) is 7.05 Å². The van der Waals surface area contributed by atoms with Gasteiger partial charge in [-0.1, -0.05) is 24.3 Å². The standard InChI is InChI=1S/C21H25NO7/c1-14(15-4-5-17-11-18(27-3)7-6-16(17)10-15)21(26)29-13-19(24)22(2)12-20(25)28-9-8-23/h4-7,10-11,14,23H,8-9,12-13H2,1-3H3/t14-/m0/s1. The van der Waals surface area contributed by atoms with Gasteiger partial charge in [-0.05, 0) is 35.4 Å². The summed E-state index contributed by atoms with van der Waals surface area (Å²) in [6.07, 6.45) is 0. The number of aliphatic hydroxyl groups is 1. The lowest BCUT2D eigenvalue weighted by molar-refractivity contribution is -0.155. The fourth-order valence-corrected chi connectivity index (χ4v) is 2.63.